The minimum absolute atomic E-state index is 0.0182. The van der Waals surface area contributed by atoms with Crippen LogP contribution in [0.25, 0.3) is 16.7 Å². The van der Waals surface area contributed by atoms with Gasteiger partial charge in [0.25, 0.3) is 5.56 Å². The molecule has 8 nitrogen and oxygen atoms in total. The Kier molecular flexibility index (Phi) is 4.48. The van der Waals surface area contributed by atoms with Crippen molar-refractivity contribution in [2.75, 3.05) is 7.05 Å². The van der Waals surface area contributed by atoms with Gasteiger partial charge in [-0.3, -0.25) is 13.8 Å². The molecule has 0 aliphatic carbocycles. The van der Waals surface area contributed by atoms with Crippen molar-refractivity contribution in [2.24, 2.45) is 0 Å². The zero-order valence-electron chi connectivity index (χ0n) is 15.5. The normalized spacial score (nSPS) is 12.2. The molecule has 0 atom stereocenters. The Morgan fingerprint density at radius 1 is 1.00 bits per heavy atom. The molecule has 0 aliphatic heterocycles. The molecule has 0 bridgehead atoms. The standard InChI is InChI=1S/C19H19N5O3S/c1-3-23-18(25)15-11-7-8-12-16(15)24-17(20-21-19(23)24)13-22(2)28(26,27)14-9-5-4-6-10-14/h4-12H,3,13H2,1-2H3. The Hall–Kier alpha value is -3.04. The van der Waals surface area contributed by atoms with Gasteiger partial charge >= 0.3 is 0 Å². The summed E-state index contributed by atoms with van der Waals surface area (Å²) in [4.78, 5) is 12.9. The smallest absolute Gasteiger partial charge is 0.262 e. The maximum Gasteiger partial charge on any atom is 0.262 e. The molecule has 0 N–H and O–H groups in total. The summed E-state index contributed by atoms with van der Waals surface area (Å²) >= 11 is 0. The third-order valence-electron chi connectivity index (χ3n) is 4.71. The molecule has 2 aromatic carbocycles. The van der Waals surface area contributed by atoms with E-state index >= 15 is 0 Å². The van der Waals surface area contributed by atoms with Gasteiger partial charge in [0.15, 0.2) is 5.82 Å². The first-order valence-corrected chi connectivity index (χ1v) is 10.3. The topological polar surface area (TPSA) is 89.6 Å². The molecule has 2 heterocycles. The van der Waals surface area contributed by atoms with Gasteiger partial charge in [0.05, 0.1) is 22.3 Å². The zero-order chi connectivity index (χ0) is 19.9. The molecule has 0 spiro atoms. The Morgan fingerprint density at radius 3 is 2.39 bits per heavy atom. The minimum Gasteiger partial charge on any atom is -0.277 e. The summed E-state index contributed by atoms with van der Waals surface area (Å²) in [5, 5.41) is 8.89. The SMILES string of the molecule is CCn1c(=O)c2ccccc2n2c(CN(C)S(=O)(=O)c3ccccc3)nnc12. The van der Waals surface area contributed by atoms with E-state index in [1.807, 2.05) is 19.1 Å². The zero-order valence-corrected chi connectivity index (χ0v) is 16.3. The van der Waals surface area contributed by atoms with E-state index in [0.29, 0.717) is 29.0 Å². The number of benzene rings is 2. The van der Waals surface area contributed by atoms with Crippen molar-refractivity contribution >= 4 is 26.7 Å². The fourth-order valence-electron chi connectivity index (χ4n) is 3.26. The Bertz CT molecular complexity index is 1330. The summed E-state index contributed by atoms with van der Waals surface area (Å²) in [6, 6.07) is 15.4. The number of sulfonamides is 1. The molecule has 0 radical (unpaired) electrons. The highest BCUT2D eigenvalue weighted by Crippen LogP contribution is 2.19. The lowest BCUT2D eigenvalue weighted by Gasteiger charge is -2.17. The van der Waals surface area contributed by atoms with Gasteiger partial charge in [0, 0.05) is 13.6 Å². The molecule has 2 aromatic heterocycles. The molecule has 144 valence electrons. The molecular weight excluding hydrogens is 378 g/mol. The van der Waals surface area contributed by atoms with Crippen LogP contribution in [0.15, 0.2) is 64.3 Å². The van der Waals surface area contributed by atoms with E-state index in [2.05, 4.69) is 10.2 Å². The number of rotatable bonds is 5. The third kappa shape index (κ3) is 2.79. The van der Waals surface area contributed by atoms with Crippen LogP contribution in [0.3, 0.4) is 0 Å². The van der Waals surface area contributed by atoms with E-state index in [1.54, 1.807) is 46.9 Å². The molecule has 0 amide bonds. The Labute approximate surface area is 161 Å². The molecule has 4 aromatic rings. The molecular formula is C19H19N5O3S. The summed E-state index contributed by atoms with van der Waals surface area (Å²) in [5.74, 6) is 0.835. The van der Waals surface area contributed by atoms with E-state index in [0.717, 1.165) is 0 Å². The number of hydrogen-bond donors (Lipinski definition) is 0. The van der Waals surface area contributed by atoms with E-state index in [-0.39, 0.29) is 17.0 Å². The highest BCUT2D eigenvalue weighted by atomic mass is 32.2. The maximum atomic E-state index is 12.8. The summed E-state index contributed by atoms with van der Waals surface area (Å²) in [5.41, 5.74) is 0.507. The number of fused-ring (bicyclic) bond motifs is 3. The second kappa shape index (κ2) is 6.84. The third-order valence-corrected chi connectivity index (χ3v) is 6.52. The van der Waals surface area contributed by atoms with Gasteiger partial charge in [-0.1, -0.05) is 30.3 Å². The van der Waals surface area contributed by atoms with Crippen molar-refractivity contribution in [3.63, 3.8) is 0 Å². The van der Waals surface area contributed by atoms with E-state index < -0.39 is 10.0 Å². The van der Waals surface area contributed by atoms with Gasteiger partial charge in [-0.15, -0.1) is 10.2 Å². The van der Waals surface area contributed by atoms with Crippen molar-refractivity contribution in [1.82, 2.24) is 23.5 Å². The lowest BCUT2D eigenvalue weighted by Crippen LogP contribution is -2.28. The second-order valence-electron chi connectivity index (χ2n) is 6.39. The number of para-hydroxylation sites is 1. The van der Waals surface area contributed by atoms with Crippen molar-refractivity contribution in [1.29, 1.82) is 0 Å². The number of hydrogen-bond acceptors (Lipinski definition) is 5. The van der Waals surface area contributed by atoms with E-state index in [9.17, 15) is 13.2 Å². The predicted molar refractivity (Wildman–Crippen MR) is 106 cm³/mol. The van der Waals surface area contributed by atoms with Crippen LogP contribution in [-0.2, 0) is 23.1 Å². The molecule has 28 heavy (non-hydrogen) atoms. The fraction of sp³-hybridized carbons (Fsp3) is 0.211. The first-order chi connectivity index (χ1) is 13.4. The summed E-state index contributed by atoms with van der Waals surface area (Å²) in [6.07, 6.45) is 0. The molecule has 9 heteroatoms. The molecule has 0 saturated carbocycles. The summed E-state index contributed by atoms with van der Waals surface area (Å²) in [7, 11) is -2.18. The van der Waals surface area contributed by atoms with Gasteiger partial charge in [0.1, 0.15) is 0 Å². The number of nitrogens with zero attached hydrogens (tertiary/aromatic N) is 5. The second-order valence-corrected chi connectivity index (χ2v) is 8.44. The predicted octanol–water partition coefficient (Wildman–Crippen LogP) is 1.88. The van der Waals surface area contributed by atoms with Crippen LogP contribution in [0.1, 0.15) is 12.7 Å². The van der Waals surface area contributed by atoms with Gasteiger partial charge in [0.2, 0.25) is 15.8 Å². The van der Waals surface area contributed by atoms with Gasteiger partial charge in [-0.05, 0) is 31.2 Å². The van der Waals surface area contributed by atoms with E-state index in [1.165, 1.54) is 15.9 Å². The quantitative estimate of drug-likeness (QED) is 0.513. The monoisotopic (exact) mass is 397 g/mol. The van der Waals surface area contributed by atoms with Crippen LogP contribution in [-0.4, -0.2) is 38.9 Å². The Balaban J connectivity index is 1.87. The molecule has 0 saturated heterocycles. The molecule has 0 aliphatic rings. The largest absolute Gasteiger partial charge is 0.277 e. The average molecular weight is 397 g/mol. The number of aryl methyl sites for hydroxylation is 1. The molecule has 0 unspecified atom stereocenters. The van der Waals surface area contributed by atoms with Crippen molar-refractivity contribution < 1.29 is 8.42 Å². The van der Waals surface area contributed by atoms with Crippen LogP contribution in [0.5, 0.6) is 0 Å². The summed E-state index contributed by atoms with van der Waals surface area (Å²) in [6.45, 7) is 2.31. The minimum atomic E-state index is -3.68. The van der Waals surface area contributed by atoms with Crippen LogP contribution >= 0.6 is 0 Å². The maximum absolute atomic E-state index is 12.8. The molecule has 0 fully saturated rings. The van der Waals surface area contributed by atoms with Gasteiger partial charge in [-0.25, -0.2) is 8.42 Å². The van der Waals surface area contributed by atoms with E-state index in [4.69, 9.17) is 0 Å². The highest BCUT2D eigenvalue weighted by molar-refractivity contribution is 7.89. The van der Waals surface area contributed by atoms with Gasteiger partial charge < -0.3 is 0 Å². The highest BCUT2D eigenvalue weighted by Gasteiger charge is 2.24. The molecule has 4 rings (SSSR count). The number of aromatic nitrogens is 4. The fourth-order valence-corrected chi connectivity index (χ4v) is 4.40. The van der Waals surface area contributed by atoms with Crippen molar-refractivity contribution in [3.8, 4) is 0 Å². The Morgan fingerprint density at radius 2 is 1.68 bits per heavy atom. The van der Waals surface area contributed by atoms with Crippen LogP contribution < -0.4 is 5.56 Å². The lowest BCUT2D eigenvalue weighted by molar-refractivity contribution is 0.455. The van der Waals surface area contributed by atoms with Crippen LogP contribution in [0.2, 0.25) is 0 Å². The van der Waals surface area contributed by atoms with Crippen molar-refractivity contribution in [3.05, 3.63) is 70.8 Å². The first-order valence-electron chi connectivity index (χ1n) is 8.82. The van der Waals surface area contributed by atoms with Crippen molar-refractivity contribution in [2.45, 2.75) is 24.9 Å². The average Bonchev–Trinajstić information content (AvgIpc) is 3.12. The van der Waals surface area contributed by atoms with Gasteiger partial charge in [-0.2, -0.15) is 4.31 Å². The van der Waals surface area contributed by atoms with Crippen LogP contribution in [0.4, 0.5) is 0 Å². The first kappa shape index (κ1) is 18.3. The lowest BCUT2D eigenvalue weighted by atomic mass is 10.2. The summed E-state index contributed by atoms with van der Waals surface area (Å²) < 4.78 is 30.2. The van der Waals surface area contributed by atoms with Crippen LogP contribution in [0, 0.1) is 0 Å².